The molecular formula is C39H29ClF10N10O4S. The molecular weight excluding hydrogens is 930 g/mol. The predicted molar refractivity (Wildman–Crippen MR) is 209 cm³/mol. The van der Waals surface area contributed by atoms with Crippen molar-refractivity contribution in [3.8, 4) is 17.2 Å². The van der Waals surface area contributed by atoms with Gasteiger partial charge in [-0.3, -0.25) is 28.2 Å². The SMILES string of the molecule is O=C(Cn1nc(C(F)F)c2c1C(F)(F)[C@@H]1C[C@H]21)N[C@@H](Cc1cc(F)cc(F)c1)c1nc(-c2nccc(C(F)F)n2)cc(=O)n1-c1ccc(Cl)c2c(NS(=O)(=O)C3CC3)nn(CC(F)F)c12. The monoisotopic (exact) mass is 958 g/mol. The second-order valence-corrected chi connectivity index (χ2v) is 18.0. The average molecular weight is 959 g/mol. The van der Waals surface area contributed by atoms with Crippen molar-refractivity contribution in [2.45, 2.75) is 81.2 Å². The van der Waals surface area contributed by atoms with Gasteiger partial charge in [-0.25, -0.2) is 58.5 Å². The molecule has 9 rings (SSSR count). The standard InChI is InChI=1S/C39H29ClF10N10O4S/c40-21-3-4-25(32-30(21)37(56-58(32)13-26(43)44)57-65(63,64)18-1-2-18)60-28(62)12-23(36-51-6-5-22(53-36)34(45)46)54-38(60)24(9-15-7-16(41)10-17(42)8-15)52-27(61)14-59-33-29(31(55-59)35(47)48)19-11-20(19)39(33,49)50/h3-8,10,12,18-20,24,26,34-35H,1-2,9,11,13-14H2,(H,52,61)(H,56,57)/t19-,20+,24-/m0/s1. The van der Waals surface area contributed by atoms with Crippen molar-refractivity contribution < 1.29 is 57.1 Å². The first-order valence-corrected chi connectivity index (χ1v) is 21.4. The molecule has 342 valence electrons. The summed E-state index contributed by atoms with van der Waals surface area (Å²) in [5.74, 6) is -11.1. The number of nitrogens with zero attached hydrogens (tertiary/aromatic N) is 8. The number of fused-ring (bicyclic) bond motifs is 4. The summed E-state index contributed by atoms with van der Waals surface area (Å²) in [5, 5.41) is 8.77. The molecule has 0 radical (unpaired) electrons. The molecule has 65 heavy (non-hydrogen) atoms. The van der Waals surface area contributed by atoms with Crippen molar-refractivity contribution in [3.05, 3.63) is 110 Å². The van der Waals surface area contributed by atoms with E-state index in [-0.39, 0.29) is 35.2 Å². The van der Waals surface area contributed by atoms with Gasteiger partial charge >= 0.3 is 0 Å². The van der Waals surface area contributed by atoms with Crippen LogP contribution in [0.5, 0.6) is 0 Å². The van der Waals surface area contributed by atoms with E-state index < -0.39 is 158 Å². The third-order valence-electron chi connectivity index (χ3n) is 11.1. The number of amides is 1. The van der Waals surface area contributed by atoms with Gasteiger partial charge in [-0.05, 0) is 61.1 Å². The summed E-state index contributed by atoms with van der Waals surface area (Å²) in [5.41, 5.74) is -5.84. The minimum atomic E-state index is -4.14. The van der Waals surface area contributed by atoms with Crippen LogP contribution in [0.2, 0.25) is 5.02 Å². The van der Waals surface area contributed by atoms with Gasteiger partial charge < -0.3 is 5.32 Å². The Bertz CT molecular complexity index is 3070. The highest BCUT2D eigenvalue weighted by molar-refractivity contribution is 7.93. The van der Waals surface area contributed by atoms with Gasteiger partial charge in [-0.15, -0.1) is 0 Å². The zero-order valence-corrected chi connectivity index (χ0v) is 34.3. The van der Waals surface area contributed by atoms with E-state index in [1.54, 1.807) is 0 Å². The van der Waals surface area contributed by atoms with Gasteiger partial charge in [0.2, 0.25) is 15.9 Å². The van der Waals surface area contributed by atoms with Crippen molar-refractivity contribution in [2.75, 3.05) is 4.72 Å². The Morgan fingerprint density at radius 2 is 1.66 bits per heavy atom. The molecule has 0 saturated heterocycles. The van der Waals surface area contributed by atoms with E-state index in [1.807, 2.05) is 0 Å². The van der Waals surface area contributed by atoms with E-state index in [0.29, 0.717) is 20.0 Å². The largest absolute Gasteiger partial charge is 0.344 e. The highest BCUT2D eigenvalue weighted by Gasteiger charge is 2.67. The molecule has 4 heterocycles. The third kappa shape index (κ3) is 8.16. The smallest absolute Gasteiger partial charge is 0.293 e. The Labute approximate surface area is 363 Å². The molecule has 1 amide bonds. The lowest BCUT2D eigenvalue weighted by Gasteiger charge is -2.24. The van der Waals surface area contributed by atoms with Crippen LogP contribution in [-0.4, -0.2) is 65.1 Å². The molecule has 6 aromatic rings. The molecule has 2 fully saturated rings. The fourth-order valence-electron chi connectivity index (χ4n) is 8.21. The van der Waals surface area contributed by atoms with Gasteiger partial charge in [-0.1, -0.05) is 11.6 Å². The van der Waals surface area contributed by atoms with Crippen LogP contribution in [0.15, 0.2) is 53.5 Å². The number of sulfonamides is 1. The first kappa shape index (κ1) is 44.1. The molecule has 3 atom stereocenters. The Morgan fingerprint density at radius 1 is 0.938 bits per heavy atom. The number of rotatable bonds is 15. The zero-order valence-electron chi connectivity index (χ0n) is 32.7. The summed E-state index contributed by atoms with van der Waals surface area (Å²) in [6.45, 7) is -2.37. The number of hydrogen-bond acceptors (Lipinski definition) is 9. The van der Waals surface area contributed by atoms with Crippen LogP contribution in [0.3, 0.4) is 0 Å². The van der Waals surface area contributed by atoms with Crippen molar-refractivity contribution in [3.63, 3.8) is 0 Å². The maximum absolute atomic E-state index is 15.5. The summed E-state index contributed by atoms with van der Waals surface area (Å²) in [6.07, 6.45) is -8.93. The van der Waals surface area contributed by atoms with Crippen molar-refractivity contribution in [1.82, 2.24) is 44.4 Å². The van der Waals surface area contributed by atoms with E-state index in [9.17, 15) is 53.1 Å². The number of aromatic nitrogens is 8. The molecule has 0 spiro atoms. The molecule has 4 aromatic heterocycles. The maximum atomic E-state index is 15.5. The van der Waals surface area contributed by atoms with Gasteiger partial charge in [-0.2, -0.15) is 19.0 Å². The molecule has 2 saturated carbocycles. The number of halogens is 11. The molecule has 2 aromatic carbocycles. The van der Waals surface area contributed by atoms with Gasteiger partial charge in [0, 0.05) is 36.2 Å². The summed E-state index contributed by atoms with van der Waals surface area (Å²) in [6, 6.07) is 4.16. The van der Waals surface area contributed by atoms with E-state index in [1.165, 1.54) is 0 Å². The van der Waals surface area contributed by atoms with Gasteiger partial charge in [0.1, 0.15) is 53.3 Å². The minimum absolute atomic E-state index is 0.0879. The quantitative estimate of drug-likeness (QED) is 0.0989. The van der Waals surface area contributed by atoms with Crippen LogP contribution >= 0.6 is 11.6 Å². The second-order valence-electron chi connectivity index (χ2n) is 15.6. The number of carbonyl (C=O) groups excluding carboxylic acids is 1. The van der Waals surface area contributed by atoms with Gasteiger partial charge in [0.15, 0.2) is 11.6 Å². The molecule has 0 bridgehead atoms. The fraction of sp³-hybridized carbons (Fsp3) is 0.359. The van der Waals surface area contributed by atoms with Crippen LogP contribution in [0.25, 0.3) is 28.1 Å². The van der Waals surface area contributed by atoms with Crippen molar-refractivity contribution in [1.29, 1.82) is 0 Å². The predicted octanol–water partition coefficient (Wildman–Crippen LogP) is 7.52. The maximum Gasteiger partial charge on any atom is 0.293 e. The van der Waals surface area contributed by atoms with Crippen molar-refractivity contribution >= 4 is 44.3 Å². The molecule has 26 heteroatoms. The minimum Gasteiger partial charge on any atom is -0.344 e. The molecule has 0 aliphatic heterocycles. The fourth-order valence-corrected chi connectivity index (χ4v) is 9.78. The highest BCUT2D eigenvalue weighted by atomic mass is 35.5. The lowest BCUT2D eigenvalue weighted by atomic mass is 10.0. The lowest BCUT2D eigenvalue weighted by Crippen LogP contribution is -2.38. The van der Waals surface area contributed by atoms with Gasteiger partial charge in [0.25, 0.3) is 30.8 Å². The molecule has 14 nitrogen and oxygen atoms in total. The van der Waals surface area contributed by atoms with E-state index >= 15 is 8.78 Å². The van der Waals surface area contributed by atoms with Crippen molar-refractivity contribution in [2.24, 2.45) is 5.92 Å². The van der Waals surface area contributed by atoms with Crippen LogP contribution in [-0.2, 0) is 40.3 Å². The molecule has 3 aliphatic carbocycles. The van der Waals surface area contributed by atoms with Crippen LogP contribution in [0, 0.1) is 17.6 Å². The van der Waals surface area contributed by atoms with E-state index in [0.717, 1.165) is 42.6 Å². The van der Waals surface area contributed by atoms with E-state index in [2.05, 4.69) is 35.2 Å². The lowest BCUT2D eigenvalue weighted by molar-refractivity contribution is -0.123. The average Bonchev–Trinajstić information content (AvgIpc) is 4.14. The van der Waals surface area contributed by atoms with Crippen LogP contribution in [0.4, 0.5) is 49.7 Å². The first-order valence-electron chi connectivity index (χ1n) is 19.5. The van der Waals surface area contributed by atoms with E-state index in [4.69, 9.17) is 11.6 Å². The Hall–Kier alpha value is -6.11. The number of nitrogens with one attached hydrogen (secondary N) is 2. The summed E-state index contributed by atoms with van der Waals surface area (Å²) in [4.78, 5) is 40.8. The number of carbonyl (C=O) groups is 1. The first-order chi connectivity index (χ1) is 30.7. The Balaban J connectivity index is 1.25. The highest BCUT2D eigenvalue weighted by Crippen LogP contribution is 2.68. The zero-order chi connectivity index (χ0) is 46.4. The van der Waals surface area contributed by atoms with Crippen LogP contribution in [0.1, 0.15) is 78.1 Å². The molecule has 2 N–H and O–H groups in total. The summed E-state index contributed by atoms with van der Waals surface area (Å²) in [7, 11) is -4.14. The number of hydrogen-bond donors (Lipinski definition) is 2. The Morgan fingerprint density at radius 3 is 2.32 bits per heavy atom. The van der Waals surface area contributed by atoms with Gasteiger partial charge in [0.05, 0.1) is 32.9 Å². The second kappa shape index (κ2) is 16.1. The number of benzene rings is 2. The topological polar surface area (TPSA) is 172 Å². The Kier molecular flexibility index (Phi) is 10.9. The van der Waals surface area contributed by atoms with Crippen LogP contribution < -0.4 is 15.6 Å². The number of anilines is 1. The number of alkyl halides is 8. The normalized spacial score (nSPS) is 18.1. The third-order valence-corrected chi connectivity index (χ3v) is 13.3. The molecule has 0 unspecified atom stereocenters. The molecule has 3 aliphatic rings. The summed E-state index contributed by atoms with van der Waals surface area (Å²) >= 11 is 6.57. The summed E-state index contributed by atoms with van der Waals surface area (Å²) < 4.78 is 175.